The Bertz CT molecular complexity index is 2410. The van der Waals surface area contributed by atoms with Crippen LogP contribution in [0.1, 0.15) is 125 Å². The SMILES string of the molecule is C=C[C@@H]1O[C@@H]2C3=C(C)[C@@H](OC(=O)[C@H](O[Si](C(C)C)(C(C)C)C(C)C)[C@@H](NC(=O)OC(C)(C)C)c4ccc(OC)cn4)C[C@@](O)([C@@H](OC(=O)c4ccccc4)[C@H]4[C@@](C)(C=C[C@H]5OC[C@]54OC(C)=O)[C@@H]2O1)C3(C)C. The standard InChI is InChI=1S/C55H76N2O14Si/c1-17-40-66-43-41-33(8)38(65-49(60)44(71-72(30(2)3,31(4)5)32(6)7)42(57-50(61)70-51(10,11)12)37-24-23-36(63-16)28-56-37)27-55(62,52(41,13)14)47(68-48(59)35-21-19-18-20-22-35)45-53(15,46(43)67-40)26-25-39-54(45,29-64-39)69-34(9)58/h17-26,28,30-32,38-40,42-47,62H,1,27,29H2,2-16H3,(H,57,61)/t38-,39+,40+,42-,43+,44+,45-,46+,47-,53+,54-,55+/m0/s1. The molecule has 16 nitrogen and oxygen atoms in total. The summed E-state index contributed by atoms with van der Waals surface area (Å²) in [7, 11) is -1.53. The number of methoxy groups -OCH3 is 1. The van der Waals surface area contributed by atoms with E-state index in [9.17, 15) is 19.5 Å². The minimum atomic E-state index is -3.04. The fourth-order valence-electron chi connectivity index (χ4n) is 12.8. The summed E-state index contributed by atoms with van der Waals surface area (Å²) in [5, 5.41) is 17.2. The summed E-state index contributed by atoms with van der Waals surface area (Å²) in [4.78, 5) is 62.5. The molecule has 12 atom stereocenters. The van der Waals surface area contributed by atoms with Gasteiger partial charge in [0.1, 0.15) is 53.5 Å². The van der Waals surface area contributed by atoms with E-state index in [1.807, 2.05) is 39.8 Å². The number of ether oxygens (including phenoxy) is 8. The first-order chi connectivity index (χ1) is 33.6. The van der Waals surface area contributed by atoms with Crippen LogP contribution < -0.4 is 10.1 Å². The second kappa shape index (κ2) is 20.1. The molecule has 72 heavy (non-hydrogen) atoms. The Morgan fingerprint density at radius 1 is 0.958 bits per heavy atom. The molecular formula is C55H76N2O14Si. The number of hydrogen-bond acceptors (Lipinski definition) is 15. The number of hydrogen-bond donors (Lipinski definition) is 2. The molecule has 2 bridgehead atoms. The third kappa shape index (κ3) is 9.46. The van der Waals surface area contributed by atoms with E-state index < -0.39 is 115 Å². The lowest BCUT2D eigenvalue weighted by Gasteiger charge is -2.66. The summed E-state index contributed by atoms with van der Waals surface area (Å²) >= 11 is 0. The Labute approximate surface area is 425 Å². The maximum absolute atomic E-state index is 15.9. The summed E-state index contributed by atoms with van der Waals surface area (Å²) in [6.45, 7) is 30.4. The lowest BCUT2D eigenvalue weighted by atomic mass is 9.46. The van der Waals surface area contributed by atoms with Crippen LogP contribution in [0.5, 0.6) is 5.75 Å². The van der Waals surface area contributed by atoms with Crippen LogP contribution in [0.3, 0.4) is 0 Å². The van der Waals surface area contributed by atoms with Crippen LogP contribution in [-0.2, 0) is 47.2 Å². The number of amides is 1. The van der Waals surface area contributed by atoms with E-state index in [0.29, 0.717) is 16.9 Å². The first-order valence-electron chi connectivity index (χ1n) is 25.1. The molecule has 2 aromatic rings. The Hall–Kier alpha value is -4.91. The Kier molecular flexibility index (Phi) is 15.3. The zero-order valence-corrected chi connectivity index (χ0v) is 45.6. The predicted octanol–water partition coefficient (Wildman–Crippen LogP) is 9.03. The van der Waals surface area contributed by atoms with Gasteiger partial charge in [-0.25, -0.2) is 14.4 Å². The van der Waals surface area contributed by atoms with Gasteiger partial charge in [0.25, 0.3) is 0 Å². The monoisotopic (exact) mass is 1020 g/mol. The van der Waals surface area contributed by atoms with Gasteiger partial charge in [0.05, 0.1) is 37.1 Å². The maximum atomic E-state index is 15.9. The van der Waals surface area contributed by atoms with Gasteiger partial charge in [-0.05, 0) is 85.8 Å². The number of carbonyl (C=O) groups is 4. The molecule has 1 aromatic heterocycles. The normalized spacial score (nSPS) is 31.4. The molecule has 5 aliphatic rings. The fraction of sp³-hybridized carbons (Fsp3) is 0.618. The molecule has 394 valence electrons. The second-order valence-electron chi connectivity index (χ2n) is 22.8. The van der Waals surface area contributed by atoms with Crippen molar-refractivity contribution in [2.45, 2.75) is 186 Å². The van der Waals surface area contributed by atoms with E-state index in [-0.39, 0.29) is 40.9 Å². The molecule has 2 N–H and O–H groups in total. The van der Waals surface area contributed by atoms with Gasteiger partial charge >= 0.3 is 24.0 Å². The molecule has 1 amide bonds. The Balaban J connectivity index is 1.45. The largest absolute Gasteiger partial charge is 0.495 e. The highest BCUT2D eigenvalue weighted by molar-refractivity contribution is 6.77. The van der Waals surface area contributed by atoms with E-state index in [2.05, 4.69) is 58.4 Å². The lowest BCUT2D eigenvalue weighted by Crippen LogP contribution is -2.78. The van der Waals surface area contributed by atoms with Crippen LogP contribution in [0, 0.1) is 16.7 Å². The smallest absolute Gasteiger partial charge is 0.408 e. The predicted molar refractivity (Wildman–Crippen MR) is 269 cm³/mol. The van der Waals surface area contributed by atoms with E-state index in [4.69, 9.17) is 42.3 Å². The third-order valence-electron chi connectivity index (χ3n) is 16.1. The van der Waals surface area contributed by atoms with E-state index in [0.717, 1.165) is 0 Å². The van der Waals surface area contributed by atoms with Gasteiger partial charge in [0, 0.05) is 24.2 Å². The van der Waals surface area contributed by atoms with Crippen molar-refractivity contribution >= 4 is 32.3 Å². The van der Waals surface area contributed by atoms with Crippen molar-refractivity contribution in [3.8, 4) is 5.75 Å². The molecule has 0 unspecified atom stereocenters. The highest BCUT2D eigenvalue weighted by atomic mass is 28.4. The number of fused-ring (bicyclic) bond motifs is 8. The summed E-state index contributed by atoms with van der Waals surface area (Å²) in [6.07, 6.45) is -2.09. The molecule has 2 saturated heterocycles. The van der Waals surface area contributed by atoms with Gasteiger partial charge in [-0.2, -0.15) is 0 Å². The first kappa shape index (κ1) is 54.9. The van der Waals surface area contributed by atoms with Gasteiger partial charge in [-0.3, -0.25) is 9.78 Å². The van der Waals surface area contributed by atoms with Crippen molar-refractivity contribution in [1.29, 1.82) is 0 Å². The number of benzene rings is 1. The number of nitrogens with one attached hydrogen (secondary N) is 1. The minimum absolute atomic E-state index is 0.0255. The highest BCUT2D eigenvalue weighted by Crippen LogP contribution is 2.65. The molecule has 1 saturated carbocycles. The third-order valence-corrected chi connectivity index (χ3v) is 22.1. The second-order valence-corrected chi connectivity index (χ2v) is 28.2. The van der Waals surface area contributed by atoms with Crippen molar-refractivity contribution < 1.29 is 66.6 Å². The molecule has 3 aliphatic carbocycles. The van der Waals surface area contributed by atoms with Crippen molar-refractivity contribution in [2.24, 2.45) is 16.7 Å². The van der Waals surface area contributed by atoms with Gasteiger partial charge in [-0.15, -0.1) is 0 Å². The first-order valence-corrected chi connectivity index (χ1v) is 27.3. The van der Waals surface area contributed by atoms with Crippen LogP contribution >= 0.6 is 0 Å². The fourth-order valence-corrected chi connectivity index (χ4v) is 18.3. The molecule has 1 aromatic carbocycles. The number of pyridine rings is 1. The van der Waals surface area contributed by atoms with Crippen molar-refractivity contribution in [2.75, 3.05) is 13.7 Å². The average molecular weight is 1020 g/mol. The zero-order chi connectivity index (χ0) is 53.1. The molecule has 7 rings (SSSR count). The topological polar surface area (TPSA) is 196 Å². The summed E-state index contributed by atoms with van der Waals surface area (Å²) in [5.41, 5.74) is -5.47. The Morgan fingerprint density at radius 2 is 1.61 bits per heavy atom. The van der Waals surface area contributed by atoms with Crippen molar-refractivity contribution in [3.05, 3.63) is 95.9 Å². The van der Waals surface area contributed by atoms with Gasteiger partial charge in [0.15, 0.2) is 18.0 Å². The van der Waals surface area contributed by atoms with Crippen LogP contribution in [0.15, 0.2) is 84.6 Å². The number of esters is 3. The number of alkyl carbamates (subject to hydrolysis) is 1. The molecule has 0 radical (unpaired) electrons. The number of aliphatic hydroxyl groups is 1. The average Bonchev–Trinajstić information content (AvgIpc) is 3.72. The number of aromatic nitrogens is 1. The number of nitrogens with zero attached hydrogens (tertiary/aromatic N) is 1. The van der Waals surface area contributed by atoms with Crippen LogP contribution in [0.2, 0.25) is 16.6 Å². The quantitative estimate of drug-likeness (QED) is 0.0741. The lowest BCUT2D eigenvalue weighted by molar-refractivity contribution is -0.316. The Morgan fingerprint density at radius 3 is 2.14 bits per heavy atom. The highest BCUT2D eigenvalue weighted by Gasteiger charge is 2.76. The number of carbonyl (C=O) groups excluding carboxylic acids is 4. The molecular weight excluding hydrogens is 941 g/mol. The molecule has 0 spiro atoms. The van der Waals surface area contributed by atoms with Crippen LogP contribution in [0.4, 0.5) is 4.79 Å². The van der Waals surface area contributed by atoms with E-state index in [1.165, 1.54) is 26.3 Å². The molecule has 2 aliphatic heterocycles. The zero-order valence-electron chi connectivity index (χ0n) is 44.6. The maximum Gasteiger partial charge on any atom is 0.408 e. The van der Waals surface area contributed by atoms with Gasteiger partial charge < -0.3 is 52.7 Å². The molecule has 3 fully saturated rings. The minimum Gasteiger partial charge on any atom is -0.495 e. The van der Waals surface area contributed by atoms with Crippen LogP contribution in [-0.4, -0.2) is 116 Å². The summed E-state index contributed by atoms with van der Waals surface area (Å²) < 4.78 is 58.3. The van der Waals surface area contributed by atoms with E-state index >= 15 is 4.79 Å². The van der Waals surface area contributed by atoms with Crippen molar-refractivity contribution in [3.63, 3.8) is 0 Å². The van der Waals surface area contributed by atoms with Gasteiger partial charge in [-0.1, -0.05) is 99.2 Å². The molecule has 17 heteroatoms. The number of rotatable bonds is 15. The summed E-state index contributed by atoms with van der Waals surface area (Å²) in [5.74, 6) is -2.79. The van der Waals surface area contributed by atoms with Crippen LogP contribution in [0.25, 0.3) is 0 Å². The van der Waals surface area contributed by atoms with Crippen molar-refractivity contribution in [1.82, 2.24) is 10.3 Å². The summed E-state index contributed by atoms with van der Waals surface area (Å²) in [6, 6.07) is 10.5. The van der Waals surface area contributed by atoms with E-state index in [1.54, 1.807) is 63.2 Å². The van der Waals surface area contributed by atoms with Gasteiger partial charge in [0.2, 0.25) is 8.32 Å². The molecule has 3 heterocycles.